The van der Waals surface area contributed by atoms with Gasteiger partial charge in [0.15, 0.2) is 5.13 Å². The fraction of sp³-hybridized carbons (Fsp3) is 0.265. The van der Waals surface area contributed by atoms with E-state index in [1.54, 1.807) is 29.4 Å². The lowest BCUT2D eigenvalue weighted by Gasteiger charge is -2.29. The predicted octanol–water partition coefficient (Wildman–Crippen LogP) is 7.03. The van der Waals surface area contributed by atoms with Crippen LogP contribution in [-0.4, -0.2) is 54.1 Å². The fourth-order valence-corrected chi connectivity index (χ4v) is 6.81. The van der Waals surface area contributed by atoms with Crippen LogP contribution in [0.3, 0.4) is 0 Å². The summed E-state index contributed by atoms with van der Waals surface area (Å²) in [6.45, 7) is 3.60. The molecule has 4 aromatic heterocycles. The molecule has 47 heavy (non-hydrogen) atoms. The second-order valence-corrected chi connectivity index (χ2v) is 12.6. The lowest BCUT2D eigenvalue weighted by atomic mass is 9.89. The van der Waals surface area contributed by atoms with Crippen molar-refractivity contribution in [2.75, 3.05) is 25.5 Å². The van der Waals surface area contributed by atoms with Crippen LogP contribution < -0.4 is 10.9 Å². The summed E-state index contributed by atoms with van der Waals surface area (Å²) in [6, 6.07) is 15.0. The number of aromatic nitrogens is 6. The first-order chi connectivity index (χ1) is 22.7. The van der Waals surface area contributed by atoms with E-state index >= 15 is 0 Å². The Kier molecular flexibility index (Phi) is 8.10. The zero-order valence-corrected chi connectivity index (χ0v) is 26.5. The molecule has 0 saturated carbocycles. The van der Waals surface area contributed by atoms with E-state index in [0.29, 0.717) is 27.8 Å². The van der Waals surface area contributed by atoms with Crippen molar-refractivity contribution in [2.45, 2.75) is 38.4 Å². The molecular formula is C34H31F3N8OS. The molecule has 1 saturated heterocycles. The molecule has 6 aromatic rings. The lowest BCUT2D eigenvalue weighted by molar-refractivity contribution is -0.138. The maximum atomic E-state index is 14.2. The second kappa shape index (κ2) is 12.4. The first-order valence-corrected chi connectivity index (χ1v) is 16.1. The molecule has 0 amide bonds. The van der Waals surface area contributed by atoms with Crippen LogP contribution in [0.5, 0.6) is 0 Å². The molecule has 0 atom stereocenters. The van der Waals surface area contributed by atoms with Gasteiger partial charge in [-0.15, -0.1) is 11.3 Å². The topological polar surface area (TPSA) is 93.8 Å². The van der Waals surface area contributed by atoms with Gasteiger partial charge in [0.25, 0.3) is 5.56 Å². The van der Waals surface area contributed by atoms with Crippen LogP contribution in [0, 0.1) is 6.92 Å². The van der Waals surface area contributed by atoms with Crippen molar-refractivity contribution in [1.29, 1.82) is 0 Å². The molecule has 240 valence electrons. The lowest BCUT2D eigenvalue weighted by Crippen LogP contribution is -2.29. The standard InChI is InChI=1S/C34H31F3N8OS/c1-21-29(40-20-45(21)33-38-13-16-47-33)27-17-25-18-39-32(41-26-9-7-22(8-10-26)23-11-14-43(2)15-12-23)42-30(25)44(31(27)46)19-24-5-3-4-6-28(24)34(35,36)37/h3-10,13,16-18,20,23H,11-12,14-15,19H2,1-2H3,(H,39,41,42). The smallest absolute Gasteiger partial charge is 0.324 e. The van der Waals surface area contributed by atoms with Gasteiger partial charge in [-0.05, 0) is 81.2 Å². The number of benzene rings is 2. The Morgan fingerprint density at radius 2 is 1.79 bits per heavy atom. The largest absolute Gasteiger partial charge is 0.416 e. The average Bonchev–Trinajstić information content (AvgIpc) is 3.73. The highest BCUT2D eigenvalue weighted by molar-refractivity contribution is 7.12. The van der Waals surface area contributed by atoms with Crippen LogP contribution in [-0.2, 0) is 12.7 Å². The van der Waals surface area contributed by atoms with Gasteiger partial charge in [-0.2, -0.15) is 18.2 Å². The molecule has 1 fully saturated rings. The van der Waals surface area contributed by atoms with Crippen molar-refractivity contribution in [3.05, 3.63) is 111 Å². The zero-order chi connectivity index (χ0) is 32.7. The van der Waals surface area contributed by atoms with Crippen LogP contribution in [0.15, 0.2) is 83.5 Å². The number of pyridine rings is 1. The maximum Gasteiger partial charge on any atom is 0.416 e. The first-order valence-electron chi connectivity index (χ1n) is 15.2. The van der Waals surface area contributed by atoms with Crippen LogP contribution in [0.25, 0.3) is 27.4 Å². The molecule has 1 aliphatic heterocycles. The quantitative estimate of drug-likeness (QED) is 0.197. The van der Waals surface area contributed by atoms with Gasteiger partial charge in [0.05, 0.1) is 23.4 Å². The third-order valence-electron chi connectivity index (χ3n) is 8.72. The molecular weight excluding hydrogens is 625 g/mol. The maximum absolute atomic E-state index is 14.2. The van der Waals surface area contributed by atoms with Crippen molar-refractivity contribution in [3.63, 3.8) is 0 Å². The number of hydrogen-bond acceptors (Lipinski definition) is 8. The van der Waals surface area contributed by atoms with Crippen molar-refractivity contribution in [2.24, 2.45) is 0 Å². The van der Waals surface area contributed by atoms with Crippen molar-refractivity contribution in [1.82, 2.24) is 34.0 Å². The Hall–Kier alpha value is -4.88. The predicted molar refractivity (Wildman–Crippen MR) is 177 cm³/mol. The summed E-state index contributed by atoms with van der Waals surface area (Å²) >= 11 is 1.42. The number of hydrogen-bond donors (Lipinski definition) is 1. The normalized spacial score (nSPS) is 14.6. The number of thiazole rings is 1. The molecule has 1 aliphatic rings. The van der Waals surface area contributed by atoms with Gasteiger partial charge >= 0.3 is 6.18 Å². The molecule has 7 rings (SSSR count). The minimum absolute atomic E-state index is 0.0526. The molecule has 0 radical (unpaired) electrons. The fourth-order valence-electron chi connectivity index (χ4n) is 6.15. The highest BCUT2D eigenvalue weighted by Crippen LogP contribution is 2.33. The molecule has 0 spiro atoms. The van der Waals surface area contributed by atoms with Gasteiger partial charge in [0.1, 0.15) is 12.0 Å². The number of fused-ring (bicyclic) bond motifs is 1. The SMILES string of the molecule is Cc1c(-c2cc3cnc(Nc4ccc(C5CCN(C)CC5)cc4)nc3n(Cc3ccccc3C(F)(F)F)c2=O)ncn1-c1nccs1. The Morgan fingerprint density at radius 3 is 2.51 bits per heavy atom. The summed E-state index contributed by atoms with van der Waals surface area (Å²) in [5, 5.41) is 6.20. The molecule has 9 nitrogen and oxygen atoms in total. The molecule has 5 heterocycles. The van der Waals surface area contributed by atoms with Crippen LogP contribution in [0.4, 0.5) is 24.8 Å². The number of nitrogens with zero attached hydrogens (tertiary/aromatic N) is 7. The molecule has 0 aliphatic carbocycles. The molecule has 1 N–H and O–H groups in total. The number of anilines is 2. The molecule has 2 aromatic carbocycles. The van der Waals surface area contributed by atoms with Crippen LogP contribution in [0.2, 0.25) is 0 Å². The number of alkyl halides is 3. The molecule has 0 unspecified atom stereocenters. The van der Waals surface area contributed by atoms with Crippen LogP contribution in [0.1, 0.15) is 41.1 Å². The minimum Gasteiger partial charge on any atom is -0.324 e. The molecule has 13 heteroatoms. The number of rotatable bonds is 7. The van der Waals surface area contributed by atoms with Gasteiger partial charge in [-0.25, -0.2) is 15.0 Å². The van der Waals surface area contributed by atoms with Crippen molar-refractivity contribution >= 4 is 34.0 Å². The second-order valence-electron chi connectivity index (χ2n) is 11.8. The van der Waals surface area contributed by atoms with Gasteiger partial charge < -0.3 is 10.2 Å². The highest BCUT2D eigenvalue weighted by atomic mass is 32.1. The number of likely N-dealkylation sites (tertiary alicyclic amines) is 1. The minimum atomic E-state index is -4.60. The van der Waals surface area contributed by atoms with Crippen LogP contribution >= 0.6 is 11.3 Å². The number of nitrogens with one attached hydrogen (secondary N) is 1. The van der Waals surface area contributed by atoms with E-state index in [9.17, 15) is 18.0 Å². The number of piperidine rings is 1. The first kappa shape index (κ1) is 30.8. The van der Waals surface area contributed by atoms with Gasteiger partial charge in [-0.3, -0.25) is 13.9 Å². The molecule has 0 bridgehead atoms. The Morgan fingerprint density at radius 1 is 1.02 bits per heavy atom. The number of halogens is 3. The van der Waals surface area contributed by atoms with E-state index in [4.69, 9.17) is 0 Å². The summed E-state index contributed by atoms with van der Waals surface area (Å²) in [5.41, 5.74) is 2.15. The highest BCUT2D eigenvalue weighted by Gasteiger charge is 2.33. The average molecular weight is 657 g/mol. The van der Waals surface area contributed by atoms with E-state index in [1.807, 2.05) is 24.4 Å². The third kappa shape index (κ3) is 6.15. The van der Waals surface area contributed by atoms with Crippen molar-refractivity contribution in [3.8, 4) is 16.4 Å². The Labute approximate surface area is 272 Å². The third-order valence-corrected chi connectivity index (χ3v) is 9.49. The Balaban J connectivity index is 1.29. The summed E-state index contributed by atoms with van der Waals surface area (Å²) in [5.74, 6) is 0.732. The summed E-state index contributed by atoms with van der Waals surface area (Å²) in [6.07, 6.45) is 2.44. The summed E-state index contributed by atoms with van der Waals surface area (Å²) in [4.78, 5) is 34.6. The zero-order valence-electron chi connectivity index (χ0n) is 25.7. The van der Waals surface area contributed by atoms with E-state index < -0.39 is 17.3 Å². The van der Waals surface area contributed by atoms with E-state index in [0.717, 1.165) is 37.7 Å². The van der Waals surface area contributed by atoms with Gasteiger partial charge in [0.2, 0.25) is 5.95 Å². The Bertz CT molecular complexity index is 2100. The van der Waals surface area contributed by atoms with E-state index in [2.05, 4.69) is 49.3 Å². The van der Waals surface area contributed by atoms with Gasteiger partial charge in [-0.1, -0.05) is 30.3 Å². The van der Waals surface area contributed by atoms with Gasteiger partial charge in [0, 0.05) is 34.5 Å². The summed E-state index contributed by atoms with van der Waals surface area (Å²) in [7, 11) is 2.14. The number of imidazole rings is 1. The monoisotopic (exact) mass is 656 g/mol. The summed E-state index contributed by atoms with van der Waals surface area (Å²) < 4.78 is 45.1. The van der Waals surface area contributed by atoms with Crippen molar-refractivity contribution < 1.29 is 13.2 Å². The van der Waals surface area contributed by atoms with E-state index in [-0.39, 0.29) is 29.3 Å². The van der Waals surface area contributed by atoms with E-state index in [1.165, 1.54) is 39.7 Å².